The molecule has 0 aliphatic heterocycles. The average Bonchev–Trinajstić information content (AvgIpc) is 3.34. The predicted molar refractivity (Wildman–Crippen MR) is 107 cm³/mol. The molecular weight excluding hydrogens is 348 g/mol. The van der Waals surface area contributed by atoms with Gasteiger partial charge in [-0.3, -0.25) is 10.1 Å². The SMILES string of the molecule is O=C(/C=C/c1cccs1)Nc1nc2c(cc3c4c(cccc42)CC3)s1. The molecule has 25 heavy (non-hydrogen) atoms. The molecule has 3 nitrogen and oxygen atoms in total. The number of aryl methyl sites for hydroxylation is 2. The number of carbonyl (C=O) groups excluding carboxylic acids is 1. The van der Waals surface area contributed by atoms with Crippen molar-refractivity contribution in [3.8, 4) is 0 Å². The number of hydrogen-bond acceptors (Lipinski definition) is 4. The van der Waals surface area contributed by atoms with Crippen LogP contribution >= 0.6 is 22.7 Å². The van der Waals surface area contributed by atoms with Crippen LogP contribution in [0.3, 0.4) is 0 Å². The van der Waals surface area contributed by atoms with Gasteiger partial charge in [0.05, 0.1) is 10.2 Å². The van der Waals surface area contributed by atoms with Crippen LogP contribution in [0.5, 0.6) is 0 Å². The molecule has 2 heterocycles. The summed E-state index contributed by atoms with van der Waals surface area (Å²) in [5.41, 5.74) is 3.80. The van der Waals surface area contributed by atoms with Crippen LogP contribution in [-0.2, 0) is 17.6 Å². The molecule has 1 aliphatic carbocycles. The monoisotopic (exact) mass is 362 g/mol. The Bertz CT molecular complexity index is 1140. The van der Waals surface area contributed by atoms with E-state index in [1.807, 2.05) is 23.6 Å². The number of thiazole rings is 1. The van der Waals surface area contributed by atoms with Gasteiger partial charge in [0.2, 0.25) is 5.91 Å². The molecule has 0 bridgehead atoms. The van der Waals surface area contributed by atoms with Crippen molar-refractivity contribution in [2.75, 3.05) is 5.32 Å². The van der Waals surface area contributed by atoms with Gasteiger partial charge in [0.1, 0.15) is 0 Å². The number of benzene rings is 2. The summed E-state index contributed by atoms with van der Waals surface area (Å²) in [4.78, 5) is 17.9. The summed E-state index contributed by atoms with van der Waals surface area (Å²) in [5.74, 6) is -0.148. The lowest BCUT2D eigenvalue weighted by Gasteiger charge is -2.02. The van der Waals surface area contributed by atoms with Crippen molar-refractivity contribution in [1.82, 2.24) is 4.98 Å². The van der Waals surface area contributed by atoms with Gasteiger partial charge in [-0.2, -0.15) is 0 Å². The molecule has 1 amide bonds. The highest BCUT2D eigenvalue weighted by Gasteiger charge is 2.18. The van der Waals surface area contributed by atoms with Crippen LogP contribution in [0.25, 0.3) is 27.1 Å². The molecule has 0 saturated carbocycles. The van der Waals surface area contributed by atoms with Gasteiger partial charge in [0.25, 0.3) is 0 Å². The Kier molecular flexibility index (Phi) is 3.43. The van der Waals surface area contributed by atoms with E-state index in [-0.39, 0.29) is 5.91 Å². The summed E-state index contributed by atoms with van der Waals surface area (Å²) in [5, 5.41) is 8.10. The molecule has 0 radical (unpaired) electrons. The van der Waals surface area contributed by atoms with Gasteiger partial charge in [-0.15, -0.1) is 11.3 Å². The van der Waals surface area contributed by atoms with E-state index in [0.717, 1.165) is 27.9 Å². The molecule has 1 N–H and O–H groups in total. The fourth-order valence-corrected chi connectivity index (χ4v) is 5.02. The minimum absolute atomic E-state index is 0.148. The Labute approximate surface area is 152 Å². The Morgan fingerprint density at radius 3 is 2.96 bits per heavy atom. The fraction of sp³-hybridized carbons (Fsp3) is 0.100. The summed E-state index contributed by atoms with van der Waals surface area (Å²) in [7, 11) is 0. The summed E-state index contributed by atoms with van der Waals surface area (Å²) < 4.78 is 1.14. The maximum Gasteiger partial charge on any atom is 0.250 e. The Morgan fingerprint density at radius 2 is 2.08 bits per heavy atom. The number of anilines is 1. The van der Waals surface area contributed by atoms with Crippen LogP contribution < -0.4 is 5.32 Å². The van der Waals surface area contributed by atoms with Gasteiger partial charge >= 0.3 is 0 Å². The van der Waals surface area contributed by atoms with Crippen molar-refractivity contribution in [2.24, 2.45) is 0 Å². The van der Waals surface area contributed by atoms with Crippen molar-refractivity contribution >= 4 is 60.8 Å². The lowest BCUT2D eigenvalue weighted by atomic mass is 10.0. The average molecular weight is 362 g/mol. The first kappa shape index (κ1) is 14.8. The number of fused-ring (bicyclic) bond motifs is 2. The smallest absolute Gasteiger partial charge is 0.250 e. The Balaban J connectivity index is 1.50. The van der Waals surface area contributed by atoms with Crippen molar-refractivity contribution < 1.29 is 4.79 Å². The largest absolute Gasteiger partial charge is 0.298 e. The maximum absolute atomic E-state index is 12.2. The van der Waals surface area contributed by atoms with E-state index in [4.69, 9.17) is 4.98 Å². The molecule has 5 rings (SSSR count). The third-order valence-corrected chi connectivity index (χ3v) is 6.28. The number of amides is 1. The normalized spacial score (nSPS) is 13.3. The van der Waals surface area contributed by atoms with E-state index in [1.54, 1.807) is 28.7 Å². The number of aromatic nitrogens is 1. The molecule has 0 spiro atoms. The van der Waals surface area contributed by atoms with Gasteiger partial charge in [-0.1, -0.05) is 35.6 Å². The zero-order valence-electron chi connectivity index (χ0n) is 13.3. The number of thiophene rings is 1. The van der Waals surface area contributed by atoms with Gasteiger partial charge in [0.15, 0.2) is 5.13 Å². The van der Waals surface area contributed by atoms with E-state index in [2.05, 4.69) is 29.6 Å². The maximum atomic E-state index is 12.2. The van der Waals surface area contributed by atoms with Crippen molar-refractivity contribution in [3.63, 3.8) is 0 Å². The topological polar surface area (TPSA) is 42.0 Å². The van der Waals surface area contributed by atoms with Crippen LogP contribution in [0.2, 0.25) is 0 Å². The van der Waals surface area contributed by atoms with Crippen molar-refractivity contribution in [2.45, 2.75) is 12.8 Å². The highest BCUT2D eigenvalue weighted by molar-refractivity contribution is 7.22. The molecule has 2 aromatic carbocycles. The Hall–Kier alpha value is -2.50. The van der Waals surface area contributed by atoms with Crippen LogP contribution in [0.4, 0.5) is 5.13 Å². The molecule has 0 unspecified atom stereocenters. The lowest BCUT2D eigenvalue weighted by molar-refractivity contribution is -0.111. The van der Waals surface area contributed by atoms with Gasteiger partial charge < -0.3 is 0 Å². The summed E-state index contributed by atoms with van der Waals surface area (Å²) in [6.07, 6.45) is 5.59. The summed E-state index contributed by atoms with van der Waals surface area (Å²) >= 11 is 3.15. The van der Waals surface area contributed by atoms with Crippen LogP contribution in [0.15, 0.2) is 47.9 Å². The summed E-state index contributed by atoms with van der Waals surface area (Å²) in [6.45, 7) is 0. The van der Waals surface area contributed by atoms with E-state index in [0.29, 0.717) is 5.13 Å². The Morgan fingerprint density at radius 1 is 1.16 bits per heavy atom. The molecule has 2 aromatic heterocycles. The first-order valence-electron chi connectivity index (χ1n) is 8.14. The minimum Gasteiger partial charge on any atom is -0.298 e. The zero-order chi connectivity index (χ0) is 16.8. The van der Waals surface area contributed by atoms with Crippen LogP contribution in [-0.4, -0.2) is 10.9 Å². The number of hydrogen-bond donors (Lipinski definition) is 1. The standard InChI is InChI=1S/C20H14N2OS2/c23-17(9-8-14-4-2-10-24-14)21-20-22-19-15-5-1-3-12-6-7-13(18(12)15)11-16(19)25-20/h1-5,8-11H,6-7H2,(H,21,22,23)/b9-8+. The third kappa shape index (κ3) is 2.56. The molecular formula is C20H14N2OS2. The quantitative estimate of drug-likeness (QED) is 0.505. The minimum atomic E-state index is -0.148. The number of nitrogens with one attached hydrogen (secondary N) is 1. The molecule has 0 saturated heterocycles. The number of carbonyl (C=O) groups is 1. The second kappa shape index (κ2) is 5.79. The van der Waals surface area contributed by atoms with Gasteiger partial charge in [0, 0.05) is 16.3 Å². The van der Waals surface area contributed by atoms with Crippen LogP contribution in [0, 0.1) is 0 Å². The van der Waals surface area contributed by atoms with E-state index in [9.17, 15) is 4.79 Å². The first-order valence-corrected chi connectivity index (χ1v) is 9.84. The van der Waals surface area contributed by atoms with E-state index >= 15 is 0 Å². The predicted octanol–water partition coefficient (Wildman–Crippen LogP) is 5.26. The molecule has 5 heteroatoms. The third-order valence-electron chi connectivity index (χ3n) is 4.52. The lowest BCUT2D eigenvalue weighted by Crippen LogP contribution is -2.07. The second-order valence-corrected chi connectivity index (χ2v) is 8.09. The van der Waals surface area contributed by atoms with Crippen molar-refractivity contribution in [1.29, 1.82) is 0 Å². The summed E-state index contributed by atoms with van der Waals surface area (Å²) in [6, 6.07) is 12.6. The number of rotatable bonds is 3. The van der Waals surface area contributed by atoms with Gasteiger partial charge in [-0.25, -0.2) is 4.98 Å². The molecule has 0 atom stereocenters. The molecule has 4 aromatic rings. The molecule has 1 aliphatic rings. The van der Waals surface area contributed by atoms with Crippen LogP contribution in [0.1, 0.15) is 16.0 Å². The van der Waals surface area contributed by atoms with Crippen molar-refractivity contribution in [3.05, 3.63) is 63.9 Å². The molecule has 0 fully saturated rings. The highest BCUT2D eigenvalue weighted by atomic mass is 32.1. The molecule has 122 valence electrons. The second-order valence-electron chi connectivity index (χ2n) is 6.08. The van der Waals surface area contributed by atoms with E-state index < -0.39 is 0 Å². The van der Waals surface area contributed by atoms with Gasteiger partial charge in [-0.05, 0) is 52.9 Å². The first-order chi connectivity index (χ1) is 12.3. The van der Waals surface area contributed by atoms with E-state index in [1.165, 1.54) is 21.9 Å². The number of nitrogens with zero attached hydrogens (tertiary/aromatic N) is 1. The highest BCUT2D eigenvalue weighted by Crippen LogP contribution is 2.38. The fourth-order valence-electron chi connectivity index (χ4n) is 3.45. The zero-order valence-corrected chi connectivity index (χ0v) is 14.9.